The second-order valence-corrected chi connectivity index (χ2v) is 9.82. The Morgan fingerprint density at radius 1 is 0.971 bits per heavy atom. The van der Waals surface area contributed by atoms with Gasteiger partial charge in [-0.15, -0.1) is 0 Å². The van der Waals surface area contributed by atoms with Gasteiger partial charge in [0.1, 0.15) is 12.4 Å². The first-order valence-corrected chi connectivity index (χ1v) is 12.5. The van der Waals surface area contributed by atoms with Crippen LogP contribution in [-0.4, -0.2) is 25.1 Å². The molecule has 1 heterocycles. The maximum absolute atomic E-state index is 13.5. The summed E-state index contributed by atoms with van der Waals surface area (Å²) < 4.78 is 6.17. The van der Waals surface area contributed by atoms with Crippen LogP contribution in [0.4, 0.5) is 5.69 Å². The maximum Gasteiger partial charge on any atom is 0.252 e. The Bertz CT molecular complexity index is 1370. The molecule has 1 aliphatic carbocycles. The van der Waals surface area contributed by atoms with E-state index in [-0.39, 0.29) is 11.4 Å². The minimum absolute atomic E-state index is 0.0343. The van der Waals surface area contributed by atoms with E-state index in [1.165, 1.54) is 22.0 Å². The summed E-state index contributed by atoms with van der Waals surface area (Å²) in [5, 5.41) is 5.79. The van der Waals surface area contributed by atoms with Crippen LogP contribution in [-0.2, 0) is 5.54 Å². The molecule has 1 atom stereocenters. The molecule has 1 aliphatic heterocycles. The quantitative estimate of drug-likeness (QED) is 0.354. The number of carbonyl (C=O) groups is 1. The van der Waals surface area contributed by atoms with E-state index in [1.54, 1.807) is 0 Å². The lowest BCUT2D eigenvalue weighted by Crippen LogP contribution is -2.51. The zero-order valence-electron chi connectivity index (χ0n) is 20.0. The summed E-state index contributed by atoms with van der Waals surface area (Å²) in [6.45, 7) is 3.65. The van der Waals surface area contributed by atoms with Crippen molar-refractivity contribution in [3.8, 4) is 5.75 Å². The number of para-hydroxylation sites is 1. The number of amides is 1. The van der Waals surface area contributed by atoms with Gasteiger partial charge < -0.3 is 15.0 Å². The summed E-state index contributed by atoms with van der Waals surface area (Å²) in [6, 6.07) is 31.4. The summed E-state index contributed by atoms with van der Waals surface area (Å²) >= 11 is 0. The molecule has 4 aromatic carbocycles. The van der Waals surface area contributed by atoms with Crippen molar-refractivity contribution >= 4 is 22.4 Å². The number of nitrogens with one attached hydrogen (secondary N) is 1. The number of fused-ring (bicyclic) bond motifs is 1. The van der Waals surface area contributed by atoms with Crippen LogP contribution in [0.3, 0.4) is 0 Å². The Morgan fingerprint density at radius 2 is 1.74 bits per heavy atom. The summed E-state index contributed by atoms with van der Waals surface area (Å²) in [4.78, 5) is 15.8. The molecule has 1 saturated heterocycles. The Hall–Kier alpha value is -3.79. The third kappa shape index (κ3) is 4.14. The molecule has 1 N–H and O–H groups in total. The first kappa shape index (κ1) is 21.7. The monoisotopic (exact) mass is 462 g/mol. The number of hydrogen-bond acceptors (Lipinski definition) is 3. The van der Waals surface area contributed by atoms with Crippen LogP contribution in [0.25, 0.3) is 10.8 Å². The molecule has 2 aliphatic rings. The topological polar surface area (TPSA) is 41.6 Å². The van der Waals surface area contributed by atoms with E-state index >= 15 is 0 Å². The van der Waals surface area contributed by atoms with E-state index in [2.05, 4.69) is 76.9 Å². The van der Waals surface area contributed by atoms with Gasteiger partial charge in [-0.25, -0.2) is 0 Å². The summed E-state index contributed by atoms with van der Waals surface area (Å²) in [7, 11) is 0. The van der Waals surface area contributed by atoms with Crippen LogP contribution in [0.15, 0.2) is 91.0 Å². The molecule has 4 nitrogen and oxygen atoms in total. The number of nitrogens with zero attached hydrogens (tertiary/aromatic N) is 1. The number of benzene rings is 4. The van der Waals surface area contributed by atoms with Gasteiger partial charge in [-0.3, -0.25) is 4.79 Å². The van der Waals surface area contributed by atoms with Crippen molar-refractivity contribution in [2.45, 2.75) is 37.8 Å². The van der Waals surface area contributed by atoms with Crippen LogP contribution < -0.4 is 15.0 Å². The van der Waals surface area contributed by atoms with Crippen LogP contribution >= 0.6 is 0 Å². The predicted molar refractivity (Wildman–Crippen MR) is 141 cm³/mol. The average Bonchev–Trinajstić information content (AvgIpc) is 3.65. The number of rotatable bonds is 7. The van der Waals surface area contributed by atoms with Gasteiger partial charge in [0.15, 0.2) is 0 Å². The van der Waals surface area contributed by atoms with Crippen molar-refractivity contribution in [3.63, 3.8) is 0 Å². The highest BCUT2D eigenvalue weighted by Crippen LogP contribution is 2.48. The lowest BCUT2D eigenvalue weighted by Gasteiger charge is -2.42. The van der Waals surface area contributed by atoms with Gasteiger partial charge in [-0.1, -0.05) is 66.7 Å². The lowest BCUT2D eigenvalue weighted by molar-refractivity contribution is 0.0930. The molecule has 1 amide bonds. The second kappa shape index (κ2) is 8.77. The minimum atomic E-state index is -0.288. The number of anilines is 1. The lowest BCUT2D eigenvalue weighted by atomic mass is 9.96. The van der Waals surface area contributed by atoms with Crippen molar-refractivity contribution < 1.29 is 9.53 Å². The predicted octanol–water partition coefficient (Wildman–Crippen LogP) is 6.23. The Balaban J connectivity index is 1.17. The average molecular weight is 463 g/mol. The van der Waals surface area contributed by atoms with Gasteiger partial charge in [-0.05, 0) is 72.4 Å². The summed E-state index contributed by atoms with van der Waals surface area (Å²) in [5.41, 5.74) is 3.80. The SMILES string of the molecule is Cc1ccc(OCC2CCN2c2ccccc2)cc1C(=O)NC1(c2cccc3ccccc23)CC1. The van der Waals surface area contributed by atoms with Crippen molar-refractivity contribution in [2.75, 3.05) is 18.1 Å². The normalized spacial score (nSPS) is 18.1. The Morgan fingerprint density at radius 3 is 2.51 bits per heavy atom. The van der Waals surface area contributed by atoms with Crippen molar-refractivity contribution in [1.82, 2.24) is 5.32 Å². The van der Waals surface area contributed by atoms with Crippen molar-refractivity contribution in [1.29, 1.82) is 0 Å². The number of ether oxygens (including phenoxy) is 1. The van der Waals surface area contributed by atoms with Gasteiger partial charge in [0.2, 0.25) is 0 Å². The van der Waals surface area contributed by atoms with Crippen molar-refractivity contribution in [3.05, 3.63) is 108 Å². The van der Waals surface area contributed by atoms with E-state index in [0.29, 0.717) is 18.2 Å². The molecule has 6 rings (SSSR count). The molecule has 4 aromatic rings. The second-order valence-electron chi connectivity index (χ2n) is 9.82. The molecule has 4 heteroatoms. The third-order valence-electron chi connectivity index (χ3n) is 7.54. The first-order chi connectivity index (χ1) is 17.1. The van der Waals surface area contributed by atoms with Gasteiger partial charge in [-0.2, -0.15) is 0 Å². The fourth-order valence-corrected chi connectivity index (χ4v) is 5.22. The standard InChI is InChI=1S/C31H30N2O2/c1-22-14-15-26(35-21-25-16-19-33(25)24-10-3-2-4-11-24)20-28(22)30(34)32-31(17-18-31)29-13-7-9-23-8-5-6-12-27(23)29/h2-15,20,25H,16-19,21H2,1H3,(H,32,34). The molecule has 0 bridgehead atoms. The minimum Gasteiger partial charge on any atom is -0.491 e. The van der Waals surface area contributed by atoms with Crippen LogP contribution in [0.2, 0.25) is 0 Å². The van der Waals surface area contributed by atoms with Gasteiger partial charge >= 0.3 is 0 Å². The fourth-order valence-electron chi connectivity index (χ4n) is 5.22. The first-order valence-electron chi connectivity index (χ1n) is 12.5. The van der Waals surface area contributed by atoms with Crippen LogP contribution in [0.1, 0.15) is 40.7 Å². The highest BCUT2D eigenvalue weighted by atomic mass is 16.5. The molecule has 35 heavy (non-hydrogen) atoms. The molecule has 0 radical (unpaired) electrons. The zero-order valence-corrected chi connectivity index (χ0v) is 20.0. The van der Waals surface area contributed by atoms with E-state index in [9.17, 15) is 4.79 Å². The molecule has 1 saturated carbocycles. The van der Waals surface area contributed by atoms with Gasteiger partial charge in [0.05, 0.1) is 11.6 Å². The molecule has 176 valence electrons. The number of hydrogen-bond donors (Lipinski definition) is 1. The fraction of sp³-hybridized carbons (Fsp3) is 0.258. The van der Waals surface area contributed by atoms with Gasteiger partial charge in [0.25, 0.3) is 5.91 Å². The van der Waals surface area contributed by atoms with E-state index < -0.39 is 0 Å². The summed E-state index contributed by atoms with van der Waals surface area (Å²) in [6.07, 6.45) is 3.03. The Labute approximate surface area is 206 Å². The Kier molecular flexibility index (Phi) is 5.44. The van der Waals surface area contributed by atoms with E-state index in [0.717, 1.165) is 37.1 Å². The highest BCUT2D eigenvalue weighted by Gasteiger charge is 2.46. The molecular weight excluding hydrogens is 432 g/mol. The highest BCUT2D eigenvalue weighted by molar-refractivity contribution is 5.97. The zero-order chi connectivity index (χ0) is 23.8. The van der Waals surface area contributed by atoms with E-state index in [4.69, 9.17) is 4.74 Å². The summed E-state index contributed by atoms with van der Waals surface area (Å²) in [5.74, 6) is 0.712. The largest absolute Gasteiger partial charge is 0.491 e. The van der Waals surface area contributed by atoms with Crippen LogP contribution in [0.5, 0.6) is 5.75 Å². The van der Waals surface area contributed by atoms with Crippen LogP contribution in [0, 0.1) is 6.92 Å². The van der Waals surface area contributed by atoms with Gasteiger partial charge in [0, 0.05) is 17.8 Å². The number of carbonyl (C=O) groups excluding carboxylic acids is 1. The number of aryl methyl sites for hydroxylation is 1. The molecule has 2 fully saturated rings. The van der Waals surface area contributed by atoms with E-state index in [1.807, 2.05) is 31.2 Å². The molecule has 1 unspecified atom stereocenters. The molecule has 0 spiro atoms. The maximum atomic E-state index is 13.5. The molecular formula is C31H30N2O2. The van der Waals surface area contributed by atoms with Crippen molar-refractivity contribution in [2.24, 2.45) is 0 Å². The smallest absolute Gasteiger partial charge is 0.252 e. The molecule has 0 aromatic heterocycles. The third-order valence-corrected chi connectivity index (χ3v) is 7.54.